The Morgan fingerprint density at radius 3 is 2.31 bits per heavy atom. The molecule has 1 unspecified atom stereocenters. The molecule has 0 heteroatoms. The maximum Gasteiger partial charge on any atom is 0.0311 e. The van der Waals surface area contributed by atoms with Gasteiger partial charge in [0.15, 0.2) is 0 Å². The lowest BCUT2D eigenvalue weighted by Gasteiger charge is -2.21. The molecule has 35 heavy (non-hydrogen) atoms. The van der Waals surface area contributed by atoms with E-state index in [1.807, 2.05) is 0 Å². The van der Waals surface area contributed by atoms with Crippen molar-refractivity contribution in [1.82, 2.24) is 0 Å². The maximum absolute atomic E-state index is 2.50. The van der Waals surface area contributed by atoms with E-state index in [1.165, 1.54) is 72.0 Å². The van der Waals surface area contributed by atoms with Gasteiger partial charge < -0.3 is 0 Å². The molecule has 7 rings (SSSR count). The van der Waals surface area contributed by atoms with Crippen molar-refractivity contribution in [3.63, 3.8) is 0 Å². The Hall–Kier alpha value is -3.90. The molecular weight excluding hydrogens is 420 g/mol. The molecule has 1 atom stereocenters. The SMILES string of the molecule is CCC1=Cc2c(-c3c(C)ccc4ccccc34)cccc2C1c1cccc2c1Cc1ccccc1-2. The molecule has 0 radical (unpaired) electrons. The highest BCUT2D eigenvalue weighted by molar-refractivity contribution is 6.01. The minimum atomic E-state index is 0.328. The summed E-state index contributed by atoms with van der Waals surface area (Å²) in [5, 5.41) is 2.64. The van der Waals surface area contributed by atoms with Gasteiger partial charge in [0.2, 0.25) is 0 Å². The van der Waals surface area contributed by atoms with Crippen LogP contribution in [0.25, 0.3) is 39.1 Å². The predicted octanol–water partition coefficient (Wildman–Crippen LogP) is 9.33. The molecular formula is C35H28. The molecule has 0 spiro atoms. The van der Waals surface area contributed by atoms with Crippen LogP contribution in [-0.2, 0) is 6.42 Å². The normalized spacial score (nSPS) is 15.6. The molecule has 5 aromatic rings. The van der Waals surface area contributed by atoms with E-state index in [0.717, 1.165) is 12.8 Å². The predicted molar refractivity (Wildman–Crippen MR) is 149 cm³/mol. The van der Waals surface area contributed by atoms with Gasteiger partial charge in [-0.05, 0) is 86.2 Å². The summed E-state index contributed by atoms with van der Waals surface area (Å²) in [6.45, 7) is 4.56. The lowest BCUT2D eigenvalue weighted by Crippen LogP contribution is -2.05. The Labute approximate surface area is 207 Å². The molecule has 0 nitrogen and oxygen atoms in total. The van der Waals surface area contributed by atoms with E-state index in [9.17, 15) is 0 Å². The van der Waals surface area contributed by atoms with Gasteiger partial charge in [0.1, 0.15) is 0 Å². The van der Waals surface area contributed by atoms with Gasteiger partial charge in [0.25, 0.3) is 0 Å². The quantitative estimate of drug-likeness (QED) is 0.253. The molecule has 0 bridgehead atoms. The summed E-state index contributed by atoms with van der Waals surface area (Å²) in [6.07, 6.45) is 4.59. The Morgan fingerprint density at radius 2 is 1.43 bits per heavy atom. The second kappa shape index (κ2) is 7.82. The lowest BCUT2D eigenvalue weighted by molar-refractivity contribution is 0.895. The summed E-state index contributed by atoms with van der Waals surface area (Å²) in [5.74, 6) is 0.328. The first kappa shape index (κ1) is 20.5. The highest BCUT2D eigenvalue weighted by atomic mass is 14.4. The van der Waals surface area contributed by atoms with Gasteiger partial charge in [0.05, 0.1) is 0 Å². The molecule has 0 saturated carbocycles. The zero-order valence-corrected chi connectivity index (χ0v) is 20.3. The zero-order valence-electron chi connectivity index (χ0n) is 20.3. The van der Waals surface area contributed by atoms with Crippen LogP contribution in [-0.4, -0.2) is 0 Å². The van der Waals surface area contributed by atoms with Gasteiger partial charge in [-0.1, -0.05) is 116 Å². The van der Waals surface area contributed by atoms with Gasteiger partial charge in [-0.25, -0.2) is 0 Å². The summed E-state index contributed by atoms with van der Waals surface area (Å²) in [7, 11) is 0. The van der Waals surface area contributed by atoms with E-state index in [2.05, 4.69) is 117 Å². The van der Waals surface area contributed by atoms with Crippen molar-refractivity contribution >= 4 is 16.8 Å². The molecule has 0 amide bonds. The van der Waals surface area contributed by atoms with Gasteiger partial charge in [-0.3, -0.25) is 0 Å². The molecule has 0 saturated heterocycles. The monoisotopic (exact) mass is 448 g/mol. The summed E-state index contributed by atoms with van der Waals surface area (Å²) in [4.78, 5) is 0. The standard InChI is InChI=1S/C35H28/c1-3-23-20-33-29(34-22(2)18-19-24-10-4-7-13-27(24)34)15-9-17-31(33)35(23)30-16-8-14-28-26-12-6-5-11-25(26)21-32(28)30/h4-20,35H,3,21H2,1-2H3. The third kappa shape index (κ3) is 2.99. The topological polar surface area (TPSA) is 0 Å². The van der Waals surface area contributed by atoms with Crippen LogP contribution in [0.3, 0.4) is 0 Å². The van der Waals surface area contributed by atoms with Crippen molar-refractivity contribution in [1.29, 1.82) is 0 Å². The average molecular weight is 449 g/mol. The minimum absolute atomic E-state index is 0.328. The van der Waals surface area contributed by atoms with Crippen molar-refractivity contribution < 1.29 is 0 Å². The van der Waals surface area contributed by atoms with E-state index in [4.69, 9.17) is 0 Å². The van der Waals surface area contributed by atoms with Crippen molar-refractivity contribution in [2.45, 2.75) is 32.6 Å². The van der Waals surface area contributed by atoms with Gasteiger partial charge in [-0.2, -0.15) is 0 Å². The van der Waals surface area contributed by atoms with Gasteiger partial charge in [0, 0.05) is 5.92 Å². The molecule has 0 aliphatic heterocycles. The van der Waals surface area contributed by atoms with E-state index in [0.29, 0.717) is 5.92 Å². The Balaban J connectivity index is 1.45. The number of rotatable bonds is 3. The third-order valence-corrected chi connectivity index (χ3v) is 8.16. The molecule has 168 valence electrons. The summed E-state index contributed by atoms with van der Waals surface area (Å²) in [5.41, 5.74) is 15.7. The number of allylic oxidation sites excluding steroid dienone is 1. The highest BCUT2D eigenvalue weighted by Gasteiger charge is 2.32. The first-order chi connectivity index (χ1) is 17.2. The molecule has 0 heterocycles. The third-order valence-electron chi connectivity index (χ3n) is 8.16. The molecule has 2 aliphatic carbocycles. The molecule has 0 aromatic heterocycles. The van der Waals surface area contributed by atoms with Crippen molar-refractivity contribution in [2.24, 2.45) is 0 Å². The van der Waals surface area contributed by atoms with Crippen LogP contribution in [0.5, 0.6) is 0 Å². The fourth-order valence-corrected chi connectivity index (χ4v) is 6.55. The Kier molecular flexibility index (Phi) is 4.57. The van der Waals surface area contributed by atoms with E-state index >= 15 is 0 Å². The van der Waals surface area contributed by atoms with Crippen LogP contribution < -0.4 is 0 Å². The van der Waals surface area contributed by atoms with Gasteiger partial charge in [-0.15, -0.1) is 0 Å². The van der Waals surface area contributed by atoms with Crippen LogP contribution in [0.2, 0.25) is 0 Å². The van der Waals surface area contributed by atoms with Gasteiger partial charge >= 0.3 is 0 Å². The van der Waals surface area contributed by atoms with Crippen molar-refractivity contribution in [2.75, 3.05) is 0 Å². The first-order valence-corrected chi connectivity index (χ1v) is 12.8. The largest absolute Gasteiger partial charge is 0.0619 e. The zero-order chi connectivity index (χ0) is 23.5. The molecule has 0 fully saturated rings. The Morgan fingerprint density at radius 1 is 0.686 bits per heavy atom. The summed E-state index contributed by atoms with van der Waals surface area (Å²) in [6, 6.07) is 36.1. The molecule has 2 aliphatic rings. The first-order valence-electron chi connectivity index (χ1n) is 12.8. The molecule has 0 N–H and O–H groups in total. The van der Waals surface area contributed by atoms with E-state index < -0.39 is 0 Å². The second-order valence-electron chi connectivity index (χ2n) is 10.0. The van der Waals surface area contributed by atoms with Crippen molar-refractivity contribution in [3.05, 3.63) is 136 Å². The fourth-order valence-electron chi connectivity index (χ4n) is 6.55. The lowest BCUT2D eigenvalue weighted by atomic mass is 9.82. The summed E-state index contributed by atoms with van der Waals surface area (Å²) >= 11 is 0. The van der Waals surface area contributed by atoms with Crippen LogP contribution in [0.1, 0.15) is 52.6 Å². The maximum atomic E-state index is 2.50. The van der Waals surface area contributed by atoms with E-state index in [1.54, 1.807) is 0 Å². The van der Waals surface area contributed by atoms with Crippen LogP contribution in [0.4, 0.5) is 0 Å². The molecule has 5 aromatic carbocycles. The number of fused-ring (bicyclic) bond motifs is 5. The Bertz CT molecular complexity index is 1660. The number of benzene rings is 5. The fraction of sp³-hybridized carbons (Fsp3) is 0.143. The summed E-state index contributed by atoms with van der Waals surface area (Å²) < 4.78 is 0. The number of aryl methyl sites for hydroxylation is 1. The van der Waals surface area contributed by atoms with E-state index in [-0.39, 0.29) is 0 Å². The van der Waals surface area contributed by atoms with Crippen LogP contribution in [0, 0.1) is 6.92 Å². The van der Waals surface area contributed by atoms with Crippen LogP contribution in [0.15, 0.2) is 103 Å². The number of hydrogen-bond donors (Lipinski definition) is 0. The number of hydrogen-bond acceptors (Lipinski definition) is 0. The highest BCUT2D eigenvalue weighted by Crippen LogP contribution is 2.50. The van der Waals surface area contributed by atoms with Crippen LogP contribution >= 0.6 is 0 Å². The smallest absolute Gasteiger partial charge is 0.0311 e. The van der Waals surface area contributed by atoms with Crippen molar-refractivity contribution in [3.8, 4) is 22.3 Å². The average Bonchev–Trinajstić information content (AvgIpc) is 3.47. The second-order valence-corrected chi connectivity index (χ2v) is 10.0. The minimum Gasteiger partial charge on any atom is -0.0619 e.